The van der Waals surface area contributed by atoms with Crippen molar-refractivity contribution in [3.05, 3.63) is 60.2 Å². The molecule has 6 nitrogen and oxygen atoms in total. The summed E-state index contributed by atoms with van der Waals surface area (Å²) in [5.41, 5.74) is 1.88. The average molecular weight is 416 g/mol. The summed E-state index contributed by atoms with van der Waals surface area (Å²) >= 11 is 0. The molecule has 2 aromatic rings. The van der Waals surface area contributed by atoms with Crippen molar-refractivity contribution in [3.8, 4) is 0 Å². The van der Waals surface area contributed by atoms with Crippen molar-refractivity contribution in [2.45, 2.75) is 49.5 Å². The summed E-state index contributed by atoms with van der Waals surface area (Å²) < 4.78 is 22.6. The Morgan fingerprint density at radius 3 is 2.28 bits per heavy atom. The van der Waals surface area contributed by atoms with Crippen molar-refractivity contribution < 1.29 is 13.2 Å². The topological polar surface area (TPSA) is 92.5 Å². The molecule has 1 fully saturated rings. The van der Waals surface area contributed by atoms with Gasteiger partial charge in [-0.3, -0.25) is 9.69 Å². The number of nitrogens with one attached hydrogen (secondary N) is 1. The first kappa shape index (κ1) is 21.5. The molecule has 3 N–H and O–H groups in total. The molecule has 0 saturated heterocycles. The molecule has 0 spiro atoms. The van der Waals surface area contributed by atoms with Gasteiger partial charge in [-0.05, 0) is 49.1 Å². The first-order chi connectivity index (χ1) is 13.9. The predicted octanol–water partition coefficient (Wildman–Crippen LogP) is 3.15. The van der Waals surface area contributed by atoms with Crippen LogP contribution in [0.1, 0.15) is 37.7 Å². The molecule has 1 saturated carbocycles. The molecule has 0 atom stereocenters. The predicted molar refractivity (Wildman–Crippen MR) is 115 cm³/mol. The second-order valence-electron chi connectivity index (χ2n) is 7.58. The van der Waals surface area contributed by atoms with Crippen LogP contribution in [0.4, 0.5) is 5.69 Å². The van der Waals surface area contributed by atoms with E-state index < -0.39 is 10.0 Å². The molecule has 1 amide bonds. The van der Waals surface area contributed by atoms with Crippen molar-refractivity contribution >= 4 is 21.6 Å². The van der Waals surface area contributed by atoms with E-state index in [-0.39, 0.29) is 10.8 Å². The summed E-state index contributed by atoms with van der Waals surface area (Å²) in [7, 11) is -3.73. The van der Waals surface area contributed by atoms with Crippen LogP contribution in [-0.2, 0) is 21.2 Å². The number of benzene rings is 2. The molecule has 1 aliphatic carbocycles. The maximum Gasteiger partial charge on any atom is 0.238 e. The van der Waals surface area contributed by atoms with Crippen LogP contribution in [-0.4, -0.2) is 38.4 Å². The SMILES string of the molecule is NS(=O)(=O)c1ccc(NC(=O)CCN(CCc2ccccc2)C2CCCC2)cc1. The number of carbonyl (C=O) groups excluding carboxylic acids is 1. The highest BCUT2D eigenvalue weighted by molar-refractivity contribution is 7.89. The minimum atomic E-state index is -3.73. The van der Waals surface area contributed by atoms with Gasteiger partial charge in [-0.1, -0.05) is 43.2 Å². The second-order valence-corrected chi connectivity index (χ2v) is 9.14. The molecule has 0 aliphatic heterocycles. The smallest absolute Gasteiger partial charge is 0.238 e. The summed E-state index contributed by atoms with van der Waals surface area (Å²) in [5, 5.41) is 7.94. The third-order valence-corrected chi connectivity index (χ3v) is 6.39. The van der Waals surface area contributed by atoms with Gasteiger partial charge in [-0.2, -0.15) is 0 Å². The van der Waals surface area contributed by atoms with Gasteiger partial charge in [0.25, 0.3) is 0 Å². The minimum absolute atomic E-state index is 0.0313. The number of primary sulfonamides is 1. The molecule has 0 unspecified atom stereocenters. The number of rotatable bonds is 9. The van der Waals surface area contributed by atoms with Gasteiger partial charge in [0.1, 0.15) is 0 Å². The summed E-state index contributed by atoms with van der Waals surface area (Å²) in [6.07, 6.45) is 6.30. The third-order valence-electron chi connectivity index (χ3n) is 5.46. The van der Waals surface area contributed by atoms with Crippen LogP contribution in [0.3, 0.4) is 0 Å². The number of hydrogen-bond donors (Lipinski definition) is 2. The van der Waals surface area contributed by atoms with Gasteiger partial charge in [-0.25, -0.2) is 13.6 Å². The van der Waals surface area contributed by atoms with E-state index in [0.29, 0.717) is 18.2 Å². The molecule has 1 aliphatic rings. The Labute approximate surface area is 173 Å². The van der Waals surface area contributed by atoms with Crippen LogP contribution < -0.4 is 10.5 Å². The average Bonchev–Trinajstić information content (AvgIpc) is 3.23. The van der Waals surface area contributed by atoms with E-state index in [1.54, 1.807) is 12.1 Å². The van der Waals surface area contributed by atoms with Gasteiger partial charge in [-0.15, -0.1) is 0 Å². The molecule has 0 aromatic heterocycles. The molecule has 2 aromatic carbocycles. The number of nitrogens with two attached hydrogens (primary N) is 1. The zero-order valence-corrected chi connectivity index (χ0v) is 17.4. The fourth-order valence-corrected chi connectivity index (χ4v) is 4.38. The summed E-state index contributed by atoms with van der Waals surface area (Å²) in [4.78, 5) is 14.9. The zero-order chi connectivity index (χ0) is 20.7. The third kappa shape index (κ3) is 6.66. The quantitative estimate of drug-likeness (QED) is 0.658. The highest BCUT2D eigenvalue weighted by atomic mass is 32.2. The summed E-state index contributed by atoms with van der Waals surface area (Å²) in [5.74, 6) is -0.0731. The lowest BCUT2D eigenvalue weighted by Crippen LogP contribution is -2.37. The van der Waals surface area contributed by atoms with E-state index in [4.69, 9.17) is 5.14 Å². The van der Waals surface area contributed by atoms with Gasteiger partial charge in [0.05, 0.1) is 4.90 Å². The monoisotopic (exact) mass is 415 g/mol. The Morgan fingerprint density at radius 1 is 1.00 bits per heavy atom. The van der Waals surface area contributed by atoms with Crippen LogP contribution in [0.15, 0.2) is 59.5 Å². The van der Waals surface area contributed by atoms with Crippen molar-refractivity contribution in [2.75, 3.05) is 18.4 Å². The molecule has 156 valence electrons. The van der Waals surface area contributed by atoms with Crippen LogP contribution in [0.2, 0.25) is 0 Å². The lowest BCUT2D eigenvalue weighted by atomic mass is 10.1. The van der Waals surface area contributed by atoms with E-state index in [0.717, 1.165) is 19.5 Å². The molecular weight excluding hydrogens is 386 g/mol. The Hall–Kier alpha value is -2.22. The Morgan fingerprint density at radius 2 is 1.66 bits per heavy atom. The fourth-order valence-electron chi connectivity index (χ4n) is 3.86. The number of sulfonamides is 1. The van der Waals surface area contributed by atoms with E-state index in [1.165, 1.54) is 43.4 Å². The van der Waals surface area contributed by atoms with Crippen molar-refractivity contribution in [1.29, 1.82) is 0 Å². The van der Waals surface area contributed by atoms with Gasteiger partial charge < -0.3 is 5.32 Å². The van der Waals surface area contributed by atoms with Gasteiger partial charge in [0, 0.05) is 31.2 Å². The molecule has 3 rings (SSSR count). The standard InChI is InChI=1S/C22H29N3O3S/c23-29(27,28)21-12-10-19(11-13-21)24-22(26)15-17-25(20-8-4-5-9-20)16-14-18-6-2-1-3-7-18/h1-3,6-7,10-13,20H,4-5,8-9,14-17H2,(H,24,26)(H2,23,27,28). The maximum absolute atomic E-state index is 12.4. The molecule has 0 radical (unpaired) electrons. The van der Waals surface area contributed by atoms with Crippen LogP contribution in [0, 0.1) is 0 Å². The minimum Gasteiger partial charge on any atom is -0.326 e. The van der Waals surface area contributed by atoms with Crippen molar-refractivity contribution in [1.82, 2.24) is 4.90 Å². The van der Waals surface area contributed by atoms with Crippen molar-refractivity contribution in [2.24, 2.45) is 5.14 Å². The number of anilines is 1. The van der Waals surface area contributed by atoms with Gasteiger partial charge in [0.2, 0.25) is 15.9 Å². The highest BCUT2D eigenvalue weighted by Gasteiger charge is 2.22. The Bertz CT molecular complexity index is 893. The van der Waals surface area contributed by atoms with Crippen LogP contribution in [0.25, 0.3) is 0 Å². The van der Waals surface area contributed by atoms with E-state index >= 15 is 0 Å². The summed E-state index contributed by atoms with van der Waals surface area (Å²) in [6.45, 7) is 1.67. The Balaban J connectivity index is 1.53. The second kappa shape index (κ2) is 10.0. The maximum atomic E-state index is 12.4. The van der Waals surface area contributed by atoms with Crippen molar-refractivity contribution in [3.63, 3.8) is 0 Å². The Kier molecular flexibility index (Phi) is 7.41. The first-order valence-corrected chi connectivity index (χ1v) is 11.7. The molecule has 7 heteroatoms. The summed E-state index contributed by atoms with van der Waals surface area (Å²) in [6, 6.07) is 16.9. The molecule has 0 bridgehead atoms. The van der Waals surface area contributed by atoms with Gasteiger partial charge in [0.15, 0.2) is 0 Å². The fraction of sp³-hybridized carbons (Fsp3) is 0.409. The lowest BCUT2D eigenvalue weighted by molar-refractivity contribution is -0.116. The largest absolute Gasteiger partial charge is 0.326 e. The number of hydrogen-bond acceptors (Lipinski definition) is 4. The normalized spacial score (nSPS) is 15.0. The van der Waals surface area contributed by atoms with Crippen LogP contribution >= 0.6 is 0 Å². The van der Waals surface area contributed by atoms with E-state index in [9.17, 15) is 13.2 Å². The first-order valence-electron chi connectivity index (χ1n) is 10.1. The highest BCUT2D eigenvalue weighted by Crippen LogP contribution is 2.24. The van der Waals surface area contributed by atoms with E-state index in [2.05, 4.69) is 34.5 Å². The van der Waals surface area contributed by atoms with E-state index in [1.807, 2.05) is 6.07 Å². The van der Waals surface area contributed by atoms with Gasteiger partial charge >= 0.3 is 0 Å². The van der Waals surface area contributed by atoms with Crippen LogP contribution in [0.5, 0.6) is 0 Å². The number of amides is 1. The lowest BCUT2D eigenvalue weighted by Gasteiger charge is -2.28. The molecular formula is C22H29N3O3S. The molecule has 29 heavy (non-hydrogen) atoms. The zero-order valence-electron chi connectivity index (χ0n) is 16.6. The number of carbonyl (C=O) groups is 1. The molecule has 0 heterocycles. The number of nitrogens with zero attached hydrogens (tertiary/aromatic N) is 1.